The number of fused-ring (bicyclic) bond motifs is 1. The molecule has 0 fully saturated rings. The van der Waals surface area contributed by atoms with E-state index in [1.807, 2.05) is 48.0 Å². The molecule has 3 aromatic heterocycles. The maximum absolute atomic E-state index is 12.5. The summed E-state index contributed by atoms with van der Waals surface area (Å²) in [7, 11) is 1.61. The second-order valence-corrected chi connectivity index (χ2v) is 7.02. The van der Waals surface area contributed by atoms with Crippen LogP contribution in [0.1, 0.15) is 16.8 Å². The van der Waals surface area contributed by atoms with Gasteiger partial charge in [-0.3, -0.25) is 9.78 Å². The third kappa shape index (κ3) is 4.11. The van der Waals surface area contributed by atoms with Crippen LogP contribution in [0.25, 0.3) is 16.8 Å². The summed E-state index contributed by atoms with van der Waals surface area (Å²) in [6.45, 7) is 4.04. The summed E-state index contributed by atoms with van der Waals surface area (Å²) in [5.41, 5.74) is 6.09. The number of imidazole rings is 1. The minimum absolute atomic E-state index is 0.104. The van der Waals surface area contributed by atoms with Gasteiger partial charge in [-0.1, -0.05) is 18.2 Å². The molecule has 29 heavy (non-hydrogen) atoms. The van der Waals surface area contributed by atoms with Gasteiger partial charge in [-0.05, 0) is 60.4 Å². The Morgan fingerprint density at radius 1 is 1.10 bits per heavy atom. The molecule has 1 aromatic carbocycles. The van der Waals surface area contributed by atoms with Crippen LogP contribution in [0.3, 0.4) is 0 Å². The monoisotopic (exact) mass is 386 g/mol. The van der Waals surface area contributed by atoms with Crippen LogP contribution in [0.5, 0.6) is 5.75 Å². The number of rotatable bonds is 5. The highest BCUT2D eigenvalue weighted by Crippen LogP contribution is 2.25. The van der Waals surface area contributed by atoms with Crippen molar-refractivity contribution in [3.8, 4) is 16.9 Å². The molecule has 0 spiro atoms. The number of aromatic nitrogens is 3. The largest absolute Gasteiger partial charge is 0.495 e. The van der Waals surface area contributed by atoms with E-state index in [-0.39, 0.29) is 12.3 Å². The van der Waals surface area contributed by atoms with Gasteiger partial charge >= 0.3 is 0 Å². The lowest BCUT2D eigenvalue weighted by atomic mass is 9.97. The van der Waals surface area contributed by atoms with Crippen molar-refractivity contribution < 1.29 is 9.53 Å². The van der Waals surface area contributed by atoms with Crippen LogP contribution in [0, 0.1) is 13.8 Å². The summed E-state index contributed by atoms with van der Waals surface area (Å²) < 4.78 is 7.03. The number of hydrogen-bond donors (Lipinski definition) is 1. The zero-order valence-corrected chi connectivity index (χ0v) is 16.6. The maximum Gasteiger partial charge on any atom is 0.229 e. The van der Waals surface area contributed by atoms with Crippen molar-refractivity contribution in [2.45, 2.75) is 20.3 Å². The predicted molar refractivity (Wildman–Crippen MR) is 113 cm³/mol. The van der Waals surface area contributed by atoms with Gasteiger partial charge in [-0.25, -0.2) is 4.98 Å². The first-order valence-electron chi connectivity index (χ1n) is 9.37. The number of benzene rings is 1. The van der Waals surface area contributed by atoms with Gasteiger partial charge in [0.15, 0.2) is 5.82 Å². The smallest absolute Gasteiger partial charge is 0.229 e. The van der Waals surface area contributed by atoms with Crippen molar-refractivity contribution in [1.29, 1.82) is 0 Å². The molecule has 4 aromatic rings. The minimum atomic E-state index is -0.104. The lowest BCUT2D eigenvalue weighted by Crippen LogP contribution is -2.14. The quantitative estimate of drug-likeness (QED) is 0.558. The number of hydrogen-bond acceptors (Lipinski definition) is 4. The lowest BCUT2D eigenvalue weighted by Gasteiger charge is -2.09. The van der Waals surface area contributed by atoms with Crippen LogP contribution in [-0.4, -0.2) is 27.4 Å². The van der Waals surface area contributed by atoms with E-state index in [1.165, 1.54) is 0 Å². The normalized spacial score (nSPS) is 10.9. The number of methoxy groups -OCH3 is 1. The summed E-state index contributed by atoms with van der Waals surface area (Å²) in [4.78, 5) is 21.2. The Morgan fingerprint density at radius 2 is 1.97 bits per heavy atom. The lowest BCUT2D eigenvalue weighted by molar-refractivity contribution is -0.115. The summed E-state index contributed by atoms with van der Waals surface area (Å²) in [6.07, 6.45) is 5.69. The molecule has 0 atom stereocenters. The van der Waals surface area contributed by atoms with Crippen LogP contribution in [-0.2, 0) is 11.2 Å². The van der Waals surface area contributed by atoms with E-state index in [9.17, 15) is 4.79 Å². The van der Waals surface area contributed by atoms with E-state index in [2.05, 4.69) is 40.4 Å². The molecule has 1 N–H and O–H groups in total. The van der Waals surface area contributed by atoms with Gasteiger partial charge in [0, 0.05) is 11.9 Å². The van der Waals surface area contributed by atoms with Crippen molar-refractivity contribution in [2.24, 2.45) is 0 Å². The summed E-state index contributed by atoms with van der Waals surface area (Å²) >= 11 is 0. The fourth-order valence-corrected chi connectivity index (χ4v) is 3.40. The van der Waals surface area contributed by atoms with E-state index in [0.29, 0.717) is 5.82 Å². The molecule has 0 aliphatic heterocycles. The third-order valence-corrected chi connectivity index (χ3v) is 4.79. The Kier molecular flexibility index (Phi) is 4.99. The maximum atomic E-state index is 12.5. The Balaban J connectivity index is 1.48. The molecule has 1 amide bonds. The molecule has 6 heteroatoms. The van der Waals surface area contributed by atoms with Crippen LogP contribution >= 0.6 is 0 Å². The van der Waals surface area contributed by atoms with Gasteiger partial charge in [0.2, 0.25) is 5.91 Å². The second-order valence-electron chi connectivity index (χ2n) is 7.02. The third-order valence-electron chi connectivity index (χ3n) is 4.79. The molecule has 0 bridgehead atoms. The first-order chi connectivity index (χ1) is 14.0. The van der Waals surface area contributed by atoms with Crippen molar-refractivity contribution in [3.63, 3.8) is 0 Å². The summed E-state index contributed by atoms with van der Waals surface area (Å²) in [6, 6.07) is 13.8. The van der Waals surface area contributed by atoms with E-state index >= 15 is 0 Å². The van der Waals surface area contributed by atoms with Crippen LogP contribution in [0.15, 0.2) is 61.1 Å². The number of nitrogens with zero attached hydrogens (tertiary/aromatic N) is 3. The van der Waals surface area contributed by atoms with E-state index in [4.69, 9.17) is 4.74 Å². The van der Waals surface area contributed by atoms with Crippen LogP contribution in [0.4, 0.5) is 5.82 Å². The highest BCUT2D eigenvalue weighted by Gasteiger charge is 2.10. The molecule has 0 unspecified atom stereocenters. The highest BCUT2D eigenvalue weighted by atomic mass is 16.5. The molecule has 3 heterocycles. The first kappa shape index (κ1) is 18.7. The van der Waals surface area contributed by atoms with Gasteiger partial charge in [-0.15, -0.1) is 0 Å². The van der Waals surface area contributed by atoms with E-state index in [0.717, 1.165) is 39.3 Å². The van der Waals surface area contributed by atoms with Crippen LogP contribution < -0.4 is 10.1 Å². The summed E-state index contributed by atoms with van der Waals surface area (Å²) in [5, 5.41) is 2.87. The van der Waals surface area contributed by atoms with E-state index in [1.54, 1.807) is 13.3 Å². The number of nitrogens with one attached hydrogen (secondary N) is 1. The predicted octanol–water partition coefficient (Wildman–Crippen LogP) is 4.20. The molecular weight excluding hydrogens is 364 g/mol. The fourth-order valence-electron chi connectivity index (χ4n) is 3.40. The Hall–Kier alpha value is -3.67. The molecule has 6 nitrogen and oxygen atoms in total. The molecule has 0 saturated carbocycles. The summed E-state index contributed by atoms with van der Waals surface area (Å²) in [5.74, 6) is 1.14. The minimum Gasteiger partial charge on any atom is -0.495 e. The molecule has 0 aliphatic rings. The molecule has 4 rings (SSSR count). The average molecular weight is 386 g/mol. The highest BCUT2D eigenvalue weighted by molar-refractivity contribution is 5.91. The molecule has 0 saturated heterocycles. The fraction of sp³-hybridized carbons (Fsp3) is 0.174. The second kappa shape index (κ2) is 7.75. The zero-order valence-electron chi connectivity index (χ0n) is 16.6. The molecule has 146 valence electrons. The Bertz CT molecular complexity index is 1200. The molecule has 0 aliphatic carbocycles. The van der Waals surface area contributed by atoms with Gasteiger partial charge in [0.05, 0.1) is 25.9 Å². The Morgan fingerprint density at radius 3 is 2.72 bits per heavy atom. The number of carbonyl (C=O) groups is 1. The van der Waals surface area contributed by atoms with Crippen molar-refractivity contribution >= 4 is 17.4 Å². The number of anilines is 1. The van der Waals surface area contributed by atoms with Crippen molar-refractivity contribution in [1.82, 2.24) is 14.4 Å². The number of aryl methyl sites for hydroxylation is 2. The number of ether oxygens (including phenoxy) is 1. The first-order valence-corrected chi connectivity index (χ1v) is 9.37. The Labute approximate surface area is 169 Å². The van der Waals surface area contributed by atoms with Gasteiger partial charge in [0.25, 0.3) is 0 Å². The van der Waals surface area contributed by atoms with Crippen molar-refractivity contribution in [2.75, 3.05) is 12.4 Å². The number of carbonyl (C=O) groups excluding carboxylic acids is 1. The standard InChI is InChI=1S/C23H22N4O2/c1-15-10-17(4-6-20(15)18-8-9-24-16(2)11-18)12-23(28)26-21-14-27-13-19(29-3)5-7-22(27)25-21/h4-11,13-14H,12H2,1-3H3,(H,26,28). The zero-order chi connectivity index (χ0) is 20.4. The number of pyridine rings is 2. The molecular formula is C23H22N4O2. The van der Waals surface area contributed by atoms with Crippen LogP contribution in [0.2, 0.25) is 0 Å². The topological polar surface area (TPSA) is 68.5 Å². The van der Waals surface area contributed by atoms with Gasteiger partial charge in [0.1, 0.15) is 11.4 Å². The van der Waals surface area contributed by atoms with Gasteiger partial charge < -0.3 is 14.5 Å². The van der Waals surface area contributed by atoms with Gasteiger partial charge in [-0.2, -0.15) is 0 Å². The average Bonchev–Trinajstić information content (AvgIpc) is 3.09. The molecule has 0 radical (unpaired) electrons. The SMILES string of the molecule is COc1ccc2nc(NC(=O)Cc3ccc(-c4ccnc(C)c4)c(C)c3)cn2c1. The van der Waals surface area contributed by atoms with Crippen molar-refractivity contribution in [3.05, 3.63) is 77.9 Å². The number of amides is 1. The van der Waals surface area contributed by atoms with E-state index < -0.39 is 0 Å².